The van der Waals surface area contributed by atoms with Crippen LogP contribution in [0.2, 0.25) is 5.15 Å². The van der Waals surface area contributed by atoms with Crippen molar-refractivity contribution in [3.8, 4) is 0 Å². The molecule has 8 heteroatoms. The van der Waals surface area contributed by atoms with E-state index in [1.54, 1.807) is 0 Å². The van der Waals surface area contributed by atoms with Gasteiger partial charge in [-0.15, -0.1) is 0 Å². The van der Waals surface area contributed by atoms with Crippen LogP contribution in [0.5, 0.6) is 0 Å². The minimum Gasteiger partial charge on any atom is -0.372 e. The van der Waals surface area contributed by atoms with Crippen molar-refractivity contribution in [1.82, 2.24) is 9.97 Å². The van der Waals surface area contributed by atoms with Gasteiger partial charge in [0.05, 0.1) is 16.8 Å². The van der Waals surface area contributed by atoms with E-state index in [0.717, 1.165) is 31.4 Å². The molecule has 0 atom stereocenters. The second-order valence-corrected chi connectivity index (χ2v) is 6.18. The molecular weight excluding hydrogens is 373 g/mol. The lowest BCUT2D eigenvalue weighted by Gasteiger charge is -2.13. The number of hydrogen-bond donors (Lipinski definition) is 0. The highest BCUT2D eigenvalue weighted by molar-refractivity contribution is 9.10. The lowest BCUT2D eigenvalue weighted by atomic mass is 10.0. The van der Waals surface area contributed by atoms with Gasteiger partial charge in [-0.1, -0.05) is 24.4 Å². The van der Waals surface area contributed by atoms with Gasteiger partial charge in [0.15, 0.2) is 0 Å². The molecule has 0 aromatic carbocycles. The first-order valence-electron chi connectivity index (χ1n) is 6.73. The molecule has 1 aliphatic rings. The van der Waals surface area contributed by atoms with E-state index < -0.39 is 12.8 Å². The van der Waals surface area contributed by atoms with Crippen molar-refractivity contribution < 1.29 is 17.9 Å². The van der Waals surface area contributed by atoms with Crippen molar-refractivity contribution in [1.29, 1.82) is 0 Å². The first-order chi connectivity index (χ1) is 9.87. The van der Waals surface area contributed by atoms with Crippen LogP contribution in [-0.4, -0.2) is 29.4 Å². The lowest BCUT2D eigenvalue weighted by molar-refractivity contribution is -0.173. The van der Waals surface area contributed by atoms with Gasteiger partial charge in [-0.25, -0.2) is 9.97 Å². The molecule has 2 rings (SSSR count). The summed E-state index contributed by atoms with van der Waals surface area (Å²) in [6, 6.07) is 0. The highest BCUT2D eigenvalue weighted by Gasteiger charge is 2.27. The standard InChI is InChI=1S/C13H15BrClF3N2O/c14-10-11(8-3-1-2-4-8)19-9(20-12(10)15)5-6-21-7-13(16,17)18/h8H,1-7H2. The summed E-state index contributed by atoms with van der Waals surface area (Å²) in [5.74, 6) is 0.766. The predicted octanol–water partition coefficient (Wildman–Crippen LogP) is 4.67. The Kier molecular flexibility index (Phi) is 5.85. The first-order valence-corrected chi connectivity index (χ1v) is 7.90. The van der Waals surface area contributed by atoms with Crippen molar-refractivity contribution in [3.05, 3.63) is 21.1 Å². The van der Waals surface area contributed by atoms with Crippen LogP contribution in [0.3, 0.4) is 0 Å². The fourth-order valence-corrected chi connectivity index (χ4v) is 3.11. The Morgan fingerprint density at radius 2 is 1.90 bits per heavy atom. The molecule has 0 radical (unpaired) electrons. The van der Waals surface area contributed by atoms with Gasteiger partial charge in [0.2, 0.25) is 0 Å². The minimum atomic E-state index is -4.31. The Balaban J connectivity index is 2.00. The summed E-state index contributed by atoms with van der Waals surface area (Å²) in [5, 5.41) is 0.303. The molecule has 1 aromatic heterocycles. The Bertz CT molecular complexity index is 493. The zero-order valence-corrected chi connectivity index (χ0v) is 13.6. The van der Waals surface area contributed by atoms with Gasteiger partial charge in [-0.2, -0.15) is 13.2 Å². The summed E-state index contributed by atoms with van der Waals surface area (Å²) in [7, 11) is 0. The van der Waals surface area contributed by atoms with E-state index >= 15 is 0 Å². The number of hydrogen-bond acceptors (Lipinski definition) is 3. The predicted molar refractivity (Wildman–Crippen MR) is 76.5 cm³/mol. The van der Waals surface area contributed by atoms with Gasteiger partial charge in [0, 0.05) is 12.3 Å². The number of halogens is 5. The summed E-state index contributed by atoms with van der Waals surface area (Å²) in [6.07, 6.45) is 0.313. The molecule has 21 heavy (non-hydrogen) atoms. The SMILES string of the molecule is FC(F)(F)COCCc1nc(Cl)c(Br)c(C2CCCC2)n1. The van der Waals surface area contributed by atoms with Gasteiger partial charge in [-0.3, -0.25) is 0 Å². The molecule has 1 fully saturated rings. The highest BCUT2D eigenvalue weighted by atomic mass is 79.9. The first kappa shape index (κ1) is 17.0. The Morgan fingerprint density at radius 1 is 1.24 bits per heavy atom. The molecular formula is C13H15BrClF3N2O. The third-order valence-electron chi connectivity index (χ3n) is 3.36. The zero-order valence-electron chi connectivity index (χ0n) is 11.2. The van der Waals surface area contributed by atoms with E-state index in [0.29, 0.717) is 21.4 Å². The number of rotatable bonds is 5. The van der Waals surface area contributed by atoms with Crippen molar-refractivity contribution in [2.45, 2.75) is 44.2 Å². The summed E-state index contributed by atoms with van der Waals surface area (Å²) in [5.41, 5.74) is 0.860. The lowest BCUT2D eigenvalue weighted by Crippen LogP contribution is -2.18. The van der Waals surface area contributed by atoms with Gasteiger partial charge in [-0.05, 0) is 28.8 Å². The van der Waals surface area contributed by atoms with Crippen LogP contribution in [-0.2, 0) is 11.2 Å². The zero-order chi connectivity index (χ0) is 15.5. The minimum absolute atomic E-state index is 0.0818. The maximum Gasteiger partial charge on any atom is 0.411 e. The number of ether oxygens (including phenoxy) is 1. The molecule has 0 aliphatic heterocycles. The normalized spacial score (nSPS) is 16.6. The van der Waals surface area contributed by atoms with Crippen LogP contribution in [0.25, 0.3) is 0 Å². The summed E-state index contributed by atoms with van der Waals surface area (Å²) < 4.78 is 41.2. The fraction of sp³-hybridized carbons (Fsp3) is 0.692. The Morgan fingerprint density at radius 3 is 2.52 bits per heavy atom. The molecule has 0 amide bonds. The molecule has 0 saturated heterocycles. The molecule has 1 heterocycles. The van der Waals surface area contributed by atoms with Gasteiger partial charge in [0.25, 0.3) is 0 Å². The molecule has 1 aliphatic carbocycles. The van der Waals surface area contributed by atoms with Gasteiger partial charge < -0.3 is 4.74 Å². The molecule has 1 aromatic rings. The van der Waals surface area contributed by atoms with Crippen LogP contribution in [0.4, 0.5) is 13.2 Å². The Hall–Kier alpha value is -0.400. The largest absolute Gasteiger partial charge is 0.411 e. The topological polar surface area (TPSA) is 35.0 Å². The average molecular weight is 388 g/mol. The van der Waals surface area contributed by atoms with E-state index in [-0.39, 0.29) is 13.0 Å². The second-order valence-electron chi connectivity index (χ2n) is 5.03. The molecule has 1 saturated carbocycles. The monoisotopic (exact) mass is 386 g/mol. The number of alkyl halides is 3. The van der Waals surface area contributed by atoms with Crippen molar-refractivity contribution in [3.63, 3.8) is 0 Å². The average Bonchev–Trinajstić information content (AvgIpc) is 2.91. The van der Waals surface area contributed by atoms with Crippen molar-refractivity contribution >= 4 is 27.5 Å². The number of aromatic nitrogens is 2. The third-order valence-corrected chi connectivity index (χ3v) is 4.64. The van der Waals surface area contributed by atoms with E-state index in [2.05, 4.69) is 30.6 Å². The van der Waals surface area contributed by atoms with Crippen LogP contribution >= 0.6 is 27.5 Å². The van der Waals surface area contributed by atoms with Crippen molar-refractivity contribution in [2.75, 3.05) is 13.2 Å². The van der Waals surface area contributed by atoms with Gasteiger partial charge >= 0.3 is 6.18 Å². The quantitative estimate of drug-likeness (QED) is 0.544. The molecule has 0 N–H and O–H groups in total. The van der Waals surface area contributed by atoms with E-state index in [1.165, 1.54) is 0 Å². The van der Waals surface area contributed by atoms with E-state index in [9.17, 15) is 13.2 Å². The summed E-state index contributed by atoms with van der Waals surface area (Å²) in [4.78, 5) is 8.53. The van der Waals surface area contributed by atoms with Crippen molar-refractivity contribution in [2.24, 2.45) is 0 Å². The maximum absolute atomic E-state index is 12.0. The van der Waals surface area contributed by atoms with Crippen LogP contribution < -0.4 is 0 Å². The van der Waals surface area contributed by atoms with E-state index in [4.69, 9.17) is 11.6 Å². The van der Waals surface area contributed by atoms with E-state index in [1.807, 2.05) is 0 Å². The summed E-state index contributed by atoms with van der Waals surface area (Å²) >= 11 is 9.46. The highest BCUT2D eigenvalue weighted by Crippen LogP contribution is 2.38. The smallest absolute Gasteiger partial charge is 0.372 e. The number of nitrogens with zero attached hydrogens (tertiary/aromatic N) is 2. The van der Waals surface area contributed by atoms with Crippen LogP contribution in [0, 0.1) is 0 Å². The molecule has 118 valence electrons. The third kappa shape index (κ3) is 5.07. The second kappa shape index (κ2) is 7.24. The van der Waals surface area contributed by atoms with Gasteiger partial charge in [0.1, 0.15) is 17.6 Å². The summed E-state index contributed by atoms with van der Waals surface area (Å²) in [6.45, 7) is -1.34. The molecule has 0 unspecified atom stereocenters. The molecule has 0 bridgehead atoms. The fourth-order valence-electron chi connectivity index (χ4n) is 2.41. The van der Waals surface area contributed by atoms with Crippen LogP contribution in [0.1, 0.15) is 43.1 Å². The molecule has 0 spiro atoms. The maximum atomic E-state index is 12.0. The van der Waals surface area contributed by atoms with Crippen LogP contribution in [0.15, 0.2) is 4.47 Å². The molecule has 3 nitrogen and oxygen atoms in total. The Labute approximate surface area is 134 Å².